The van der Waals surface area contributed by atoms with Crippen molar-refractivity contribution in [2.24, 2.45) is 5.92 Å². The van der Waals surface area contributed by atoms with Crippen LogP contribution in [0.4, 0.5) is 0 Å². The average molecular weight is 412 g/mol. The van der Waals surface area contributed by atoms with E-state index in [-0.39, 0.29) is 11.8 Å². The van der Waals surface area contributed by atoms with Gasteiger partial charge in [0.2, 0.25) is 0 Å². The van der Waals surface area contributed by atoms with Crippen LogP contribution >= 0.6 is 0 Å². The first-order chi connectivity index (χ1) is 15.1. The van der Waals surface area contributed by atoms with Crippen LogP contribution in [0.5, 0.6) is 0 Å². The molecule has 7 heteroatoms. The van der Waals surface area contributed by atoms with E-state index < -0.39 is 5.54 Å². The third-order valence-corrected chi connectivity index (χ3v) is 5.35. The van der Waals surface area contributed by atoms with Crippen molar-refractivity contribution in [1.29, 1.82) is 0 Å². The number of H-pyrrole nitrogens is 1. The van der Waals surface area contributed by atoms with E-state index in [1.54, 1.807) is 24.8 Å². The van der Waals surface area contributed by atoms with Gasteiger partial charge in [-0.3, -0.25) is 19.6 Å². The maximum atomic E-state index is 12.7. The summed E-state index contributed by atoms with van der Waals surface area (Å²) in [5.74, 6) is 6.17. The Hall–Kier alpha value is -3.92. The smallest absolute Gasteiger partial charge is 0.250 e. The molecule has 0 aliphatic heterocycles. The molecule has 31 heavy (non-hydrogen) atoms. The van der Waals surface area contributed by atoms with Gasteiger partial charge >= 0.3 is 0 Å². The molecule has 0 aromatic carbocycles. The highest BCUT2D eigenvalue weighted by atomic mass is 16.1. The summed E-state index contributed by atoms with van der Waals surface area (Å²) >= 11 is 0. The SMILES string of the molecule is CC1(n2cccn2)C=CC(C(=O)NCCCc2cn[nH]c2)=CC1C#Cc1cccnc1. The molecule has 0 saturated heterocycles. The van der Waals surface area contributed by atoms with Gasteiger partial charge in [-0.05, 0) is 43.5 Å². The molecular formula is C24H24N6O. The maximum absolute atomic E-state index is 12.7. The zero-order valence-corrected chi connectivity index (χ0v) is 17.3. The molecule has 0 spiro atoms. The monoisotopic (exact) mass is 412 g/mol. The largest absolute Gasteiger partial charge is 0.352 e. The highest BCUT2D eigenvalue weighted by Crippen LogP contribution is 2.33. The normalized spacial score (nSPS) is 19.9. The number of aromatic nitrogens is 5. The fourth-order valence-corrected chi connectivity index (χ4v) is 3.49. The summed E-state index contributed by atoms with van der Waals surface area (Å²) in [4.78, 5) is 16.9. The van der Waals surface area contributed by atoms with Crippen molar-refractivity contribution in [1.82, 2.24) is 30.3 Å². The standard InChI is InChI=1S/C24H24N6O/c1-24(30-14-4-13-29-30)10-9-21(15-22(24)8-7-19-5-2-11-25-16-19)23(31)26-12-3-6-20-17-27-28-18-20/h2,4-5,9-11,13-18,22H,3,6,12H2,1H3,(H,26,31)(H,27,28). The van der Waals surface area contributed by atoms with Crippen molar-refractivity contribution < 1.29 is 4.79 Å². The summed E-state index contributed by atoms with van der Waals surface area (Å²) in [5, 5.41) is 14.2. The van der Waals surface area contributed by atoms with Crippen LogP contribution in [0.1, 0.15) is 24.5 Å². The fraction of sp³-hybridized carbons (Fsp3) is 0.250. The number of amides is 1. The summed E-state index contributed by atoms with van der Waals surface area (Å²) in [6.45, 7) is 2.66. The number of pyridine rings is 1. The van der Waals surface area contributed by atoms with Gasteiger partial charge in [0, 0.05) is 48.7 Å². The first kappa shape index (κ1) is 20.4. The number of nitrogens with zero attached hydrogens (tertiary/aromatic N) is 4. The Labute approximate surface area is 181 Å². The fourth-order valence-electron chi connectivity index (χ4n) is 3.49. The molecule has 0 saturated carbocycles. The molecule has 1 aliphatic carbocycles. The predicted molar refractivity (Wildman–Crippen MR) is 118 cm³/mol. The lowest BCUT2D eigenvalue weighted by Crippen LogP contribution is -2.38. The van der Waals surface area contributed by atoms with E-state index in [0.29, 0.717) is 12.1 Å². The van der Waals surface area contributed by atoms with E-state index in [1.807, 2.05) is 53.5 Å². The molecule has 156 valence electrons. The molecule has 1 aliphatic rings. The minimum Gasteiger partial charge on any atom is -0.352 e. The Bertz CT molecular complexity index is 1120. The minimum absolute atomic E-state index is 0.0980. The lowest BCUT2D eigenvalue weighted by Gasteiger charge is -2.33. The van der Waals surface area contributed by atoms with Gasteiger partial charge in [0.05, 0.1) is 17.7 Å². The van der Waals surface area contributed by atoms with Gasteiger partial charge in [0.15, 0.2) is 0 Å². The highest BCUT2D eigenvalue weighted by molar-refractivity contribution is 5.96. The van der Waals surface area contributed by atoms with Gasteiger partial charge < -0.3 is 5.32 Å². The Kier molecular flexibility index (Phi) is 6.08. The predicted octanol–water partition coefficient (Wildman–Crippen LogP) is 2.63. The van der Waals surface area contributed by atoms with E-state index in [2.05, 4.69) is 44.4 Å². The van der Waals surface area contributed by atoms with Crippen molar-refractivity contribution >= 4 is 5.91 Å². The molecule has 7 nitrogen and oxygen atoms in total. The molecule has 0 radical (unpaired) electrons. The lowest BCUT2D eigenvalue weighted by molar-refractivity contribution is -0.117. The number of aromatic amines is 1. The van der Waals surface area contributed by atoms with Crippen molar-refractivity contribution in [3.63, 3.8) is 0 Å². The van der Waals surface area contributed by atoms with Crippen molar-refractivity contribution in [2.45, 2.75) is 25.3 Å². The highest BCUT2D eigenvalue weighted by Gasteiger charge is 2.35. The van der Waals surface area contributed by atoms with Gasteiger partial charge in [-0.1, -0.05) is 30.1 Å². The summed E-state index contributed by atoms with van der Waals surface area (Å²) in [7, 11) is 0. The van der Waals surface area contributed by atoms with E-state index in [9.17, 15) is 4.79 Å². The summed E-state index contributed by atoms with van der Waals surface area (Å²) < 4.78 is 1.88. The summed E-state index contributed by atoms with van der Waals surface area (Å²) in [6, 6.07) is 5.66. The maximum Gasteiger partial charge on any atom is 0.250 e. The number of carbonyl (C=O) groups excluding carboxylic acids is 1. The van der Waals surface area contributed by atoms with Crippen LogP contribution in [0.15, 0.2) is 79.2 Å². The van der Waals surface area contributed by atoms with Crippen molar-refractivity contribution in [2.75, 3.05) is 6.54 Å². The quantitative estimate of drug-likeness (QED) is 0.481. The van der Waals surface area contributed by atoms with Crippen LogP contribution in [0.25, 0.3) is 0 Å². The second-order valence-electron chi connectivity index (χ2n) is 7.59. The molecule has 3 aromatic rings. The van der Waals surface area contributed by atoms with Crippen LogP contribution in [-0.2, 0) is 16.8 Å². The second-order valence-corrected chi connectivity index (χ2v) is 7.59. The molecule has 2 atom stereocenters. The van der Waals surface area contributed by atoms with Gasteiger partial charge in [0.25, 0.3) is 5.91 Å². The topological polar surface area (TPSA) is 88.5 Å². The first-order valence-electron chi connectivity index (χ1n) is 10.2. The summed E-state index contributed by atoms with van der Waals surface area (Å²) in [5.41, 5.74) is 2.08. The number of rotatable bonds is 6. The van der Waals surface area contributed by atoms with Gasteiger partial charge in [-0.15, -0.1) is 0 Å². The molecule has 2 N–H and O–H groups in total. The zero-order valence-electron chi connectivity index (χ0n) is 17.3. The number of hydrogen-bond acceptors (Lipinski definition) is 4. The third-order valence-electron chi connectivity index (χ3n) is 5.35. The third kappa shape index (κ3) is 4.81. The van der Waals surface area contributed by atoms with Gasteiger partial charge in [-0.2, -0.15) is 10.2 Å². The van der Waals surface area contributed by atoms with E-state index in [1.165, 1.54) is 0 Å². The molecule has 4 rings (SSSR count). The molecular weight excluding hydrogens is 388 g/mol. The Balaban J connectivity index is 1.49. The molecule has 3 aromatic heterocycles. The van der Waals surface area contributed by atoms with Crippen molar-refractivity contribution in [3.05, 3.63) is 90.3 Å². The lowest BCUT2D eigenvalue weighted by atomic mass is 9.80. The van der Waals surface area contributed by atoms with Crippen LogP contribution in [-0.4, -0.2) is 37.4 Å². The summed E-state index contributed by atoms with van der Waals surface area (Å²) in [6.07, 6.45) is 18.3. The Morgan fingerprint density at radius 1 is 1.32 bits per heavy atom. The van der Waals surface area contributed by atoms with E-state index >= 15 is 0 Å². The van der Waals surface area contributed by atoms with Crippen LogP contribution in [0, 0.1) is 17.8 Å². The molecule has 2 unspecified atom stereocenters. The molecule has 0 fully saturated rings. The van der Waals surface area contributed by atoms with Crippen LogP contribution in [0.2, 0.25) is 0 Å². The van der Waals surface area contributed by atoms with Crippen LogP contribution < -0.4 is 5.32 Å². The number of carbonyl (C=O) groups is 1. The molecule has 3 heterocycles. The first-order valence-corrected chi connectivity index (χ1v) is 10.2. The number of hydrogen-bond donors (Lipinski definition) is 2. The number of nitrogens with one attached hydrogen (secondary N) is 2. The minimum atomic E-state index is -0.496. The molecule has 1 amide bonds. The van der Waals surface area contributed by atoms with Gasteiger partial charge in [-0.25, -0.2) is 0 Å². The van der Waals surface area contributed by atoms with Gasteiger partial charge in [0.1, 0.15) is 0 Å². The molecule has 0 bridgehead atoms. The van der Waals surface area contributed by atoms with Crippen LogP contribution in [0.3, 0.4) is 0 Å². The average Bonchev–Trinajstić information content (AvgIpc) is 3.51. The second kappa shape index (κ2) is 9.26. The Morgan fingerprint density at radius 3 is 3.00 bits per heavy atom. The number of aryl methyl sites for hydroxylation is 1. The zero-order chi connectivity index (χ0) is 21.5. The van der Waals surface area contributed by atoms with E-state index in [4.69, 9.17) is 0 Å². The van der Waals surface area contributed by atoms with E-state index in [0.717, 1.165) is 24.0 Å². The number of allylic oxidation sites excluding steroid dienone is 2. The van der Waals surface area contributed by atoms with Crippen molar-refractivity contribution in [3.8, 4) is 11.8 Å². The Morgan fingerprint density at radius 2 is 2.26 bits per heavy atom.